The molecule has 0 atom stereocenters. The van der Waals surface area contributed by atoms with Gasteiger partial charge >= 0.3 is 5.97 Å². The van der Waals surface area contributed by atoms with Gasteiger partial charge in [-0.05, 0) is 32.2 Å². The molecule has 0 unspecified atom stereocenters. The molecule has 0 N–H and O–H groups in total. The summed E-state index contributed by atoms with van der Waals surface area (Å²) in [5.41, 5.74) is 3.12. The van der Waals surface area contributed by atoms with E-state index in [9.17, 15) is 4.79 Å². The number of rotatable bonds is 5. The lowest BCUT2D eigenvalue weighted by atomic mass is 10.1. The van der Waals surface area contributed by atoms with E-state index in [4.69, 9.17) is 4.74 Å². The first-order valence-corrected chi connectivity index (χ1v) is 10.4. The Labute approximate surface area is 182 Å². The summed E-state index contributed by atoms with van der Waals surface area (Å²) in [5, 5.41) is 0.893. The van der Waals surface area contributed by atoms with Gasteiger partial charge in [0.05, 0.1) is 36.1 Å². The number of benzene rings is 1. The van der Waals surface area contributed by atoms with Crippen molar-refractivity contribution in [1.82, 2.24) is 19.9 Å². The molecule has 0 bridgehead atoms. The zero-order valence-corrected chi connectivity index (χ0v) is 18.5. The second-order valence-electron chi connectivity index (χ2n) is 7.97. The lowest BCUT2D eigenvalue weighted by molar-refractivity contribution is 0.0601. The number of anilines is 2. The minimum Gasteiger partial charge on any atom is -0.465 e. The van der Waals surface area contributed by atoms with Crippen LogP contribution in [0.4, 0.5) is 11.5 Å². The third-order valence-electron chi connectivity index (χ3n) is 5.62. The van der Waals surface area contributed by atoms with E-state index in [2.05, 4.69) is 42.8 Å². The molecule has 0 amide bonds. The first-order chi connectivity index (χ1) is 14.9. The van der Waals surface area contributed by atoms with Crippen LogP contribution in [0.2, 0.25) is 0 Å². The Morgan fingerprint density at radius 2 is 1.94 bits per heavy atom. The average Bonchev–Trinajstić information content (AvgIpc) is 2.77. The number of hydrogen-bond acceptors (Lipinski definition) is 8. The zero-order chi connectivity index (χ0) is 22.0. The van der Waals surface area contributed by atoms with E-state index in [-0.39, 0.29) is 5.97 Å². The zero-order valence-electron chi connectivity index (χ0n) is 18.5. The van der Waals surface area contributed by atoms with Crippen LogP contribution in [-0.4, -0.2) is 73.2 Å². The van der Waals surface area contributed by atoms with Crippen LogP contribution in [0.15, 0.2) is 36.5 Å². The van der Waals surface area contributed by atoms with Crippen LogP contribution in [0.1, 0.15) is 21.9 Å². The molecule has 31 heavy (non-hydrogen) atoms. The Kier molecular flexibility index (Phi) is 5.99. The number of aryl methyl sites for hydroxylation is 1. The van der Waals surface area contributed by atoms with Crippen molar-refractivity contribution in [3.05, 3.63) is 53.6 Å². The molecule has 1 saturated heterocycles. The Morgan fingerprint density at radius 3 is 2.68 bits per heavy atom. The first-order valence-electron chi connectivity index (χ1n) is 10.4. The summed E-state index contributed by atoms with van der Waals surface area (Å²) in [6.45, 7) is 6.46. The number of esters is 1. The number of hydrogen-bond donors (Lipinski definition) is 0. The molecule has 0 spiro atoms. The van der Waals surface area contributed by atoms with E-state index < -0.39 is 0 Å². The summed E-state index contributed by atoms with van der Waals surface area (Å²) in [5.74, 6) is 1.36. The van der Waals surface area contributed by atoms with Crippen molar-refractivity contribution in [3.8, 4) is 0 Å². The fourth-order valence-electron chi connectivity index (χ4n) is 3.92. The molecule has 2 aromatic heterocycles. The van der Waals surface area contributed by atoms with E-state index in [1.165, 1.54) is 7.11 Å². The first kappa shape index (κ1) is 21.0. The molecule has 0 aliphatic carbocycles. The number of ether oxygens (including phenoxy) is 1. The van der Waals surface area contributed by atoms with Gasteiger partial charge in [0.1, 0.15) is 11.6 Å². The van der Waals surface area contributed by atoms with Crippen LogP contribution >= 0.6 is 0 Å². The Morgan fingerprint density at radius 1 is 1.16 bits per heavy atom. The number of methoxy groups -OCH3 is 1. The van der Waals surface area contributed by atoms with E-state index >= 15 is 0 Å². The molecule has 1 aliphatic rings. The van der Waals surface area contributed by atoms with Gasteiger partial charge in [0.25, 0.3) is 0 Å². The molecule has 8 nitrogen and oxygen atoms in total. The number of fused-ring (bicyclic) bond motifs is 1. The lowest BCUT2D eigenvalue weighted by Crippen LogP contribution is -2.45. The molecule has 0 radical (unpaired) electrons. The molecule has 8 heteroatoms. The van der Waals surface area contributed by atoms with Gasteiger partial charge in [0, 0.05) is 50.9 Å². The second kappa shape index (κ2) is 8.85. The summed E-state index contributed by atoms with van der Waals surface area (Å²) in [4.78, 5) is 32.8. The van der Waals surface area contributed by atoms with Crippen LogP contribution < -0.4 is 9.80 Å². The molecule has 3 aromatic rings. The van der Waals surface area contributed by atoms with Gasteiger partial charge in [0.15, 0.2) is 0 Å². The number of carbonyl (C=O) groups excluding carboxylic acids is 1. The van der Waals surface area contributed by atoms with E-state index in [0.717, 1.165) is 60.1 Å². The van der Waals surface area contributed by atoms with Crippen molar-refractivity contribution in [2.24, 2.45) is 0 Å². The summed E-state index contributed by atoms with van der Waals surface area (Å²) >= 11 is 0. The third kappa shape index (κ3) is 4.59. The molecule has 1 aromatic carbocycles. The third-order valence-corrected chi connectivity index (χ3v) is 5.62. The van der Waals surface area contributed by atoms with Gasteiger partial charge in [-0.25, -0.2) is 14.8 Å². The SMILES string of the molecule is COC(=O)c1cc(N(C)Cc2cc(N3CCN(C)CC3)nc(C)n2)c2ncccc2c1. The second-order valence-corrected chi connectivity index (χ2v) is 7.97. The standard InChI is InChI=1S/C23H28N6O2/c1-16-25-19(14-21(26-16)29-10-8-27(2)9-11-29)15-28(3)20-13-18(23(30)31-4)12-17-6-5-7-24-22(17)20/h5-7,12-14H,8-11,15H2,1-4H3. The van der Waals surface area contributed by atoms with Crippen molar-refractivity contribution in [2.45, 2.75) is 13.5 Å². The van der Waals surface area contributed by atoms with Crippen LogP contribution in [0.5, 0.6) is 0 Å². The fourth-order valence-corrected chi connectivity index (χ4v) is 3.92. The number of nitrogens with zero attached hydrogens (tertiary/aromatic N) is 6. The van der Waals surface area contributed by atoms with Gasteiger partial charge < -0.3 is 19.4 Å². The van der Waals surface area contributed by atoms with Crippen LogP contribution in [0.3, 0.4) is 0 Å². The Balaban J connectivity index is 1.64. The van der Waals surface area contributed by atoms with Gasteiger partial charge in [-0.15, -0.1) is 0 Å². The smallest absolute Gasteiger partial charge is 0.337 e. The van der Waals surface area contributed by atoms with Crippen LogP contribution in [-0.2, 0) is 11.3 Å². The normalized spacial score (nSPS) is 14.6. The van der Waals surface area contributed by atoms with Crippen LogP contribution in [0.25, 0.3) is 10.9 Å². The maximum absolute atomic E-state index is 12.2. The predicted octanol–water partition coefficient (Wildman–Crippen LogP) is 2.51. The molecular weight excluding hydrogens is 392 g/mol. The number of pyridine rings is 1. The monoisotopic (exact) mass is 420 g/mol. The van der Waals surface area contributed by atoms with Gasteiger partial charge in [-0.3, -0.25) is 4.98 Å². The molecule has 4 rings (SSSR count). The molecule has 162 valence electrons. The largest absolute Gasteiger partial charge is 0.465 e. The highest BCUT2D eigenvalue weighted by Gasteiger charge is 2.18. The molecule has 1 fully saturated rings. The molecule has 0 saturated carbocycles. The molecule has 1 aliphatic heterocycles. The minimum atomic E-state index is -0.365. The van der Waals surface area contributed by atoms with Gasteiger partial charge in [-0.1, -0.05) is 6.07 Å². The highest BCUT2D eigenvalue weighted by Crippen LogP contribution is 2.28. The summed E-state index contributed by atoms with van der Waals surface area (Å²) in [6, 6.07) is 9.52. The highest BCUT2D eigenvalue weighted by molar-refractivity contribution is 6.00. The van der Waals surface area contributed by atoms with E-state index in [1.807, 2.05) is 38.2 Å². The number of piperazine rings is 1. The van der Waals surface area contributed by atoms with Crippen molar-refractivity contribution in [2.75, 3.05) is 57.2 Å². The van der Waals surface area contributed by atoms with Crippen molar-refractivity contribution in [1.29, 1.82) is 0 Å². The lowest BCUT2D eigenvalue weighted by Gasteiger charge is -2.33. The average molecular weight is 421 g/mol. The minimum absolute atomic E-state index is 0.365. The van der Waals surface area contributed by atoms with Gasteiger partial charge in [-0.2, -0.15) is 0 Å². The van der Waals surface area contributed by atoms with Crippen molar-refractivity contribution < 1.29 is 9.53 Å². The van der Waals surface area contributed by atoms with Crippen molar-refractivity contribution in [3.63, 3.8) is 0 Å². The maximum atomic E-state index is 12.2. The van der Waals surface area contributed by atoms with Crippen LogP contribution in [0, 0.1) is 6.92 Å². The molecular formula is C23H28N6O2. The van der Waals surface area contributed by atoms with E-state index in [0.29, 0.717) is 12.1 Å². The summed E-state index contributed by atoms with van der Waals surface area (Å²) in [7, 11) is 5.52. The topological polar surface area (TPSA) is 74.7 Å². The Bertz CT molecular complexity index is 1090. The molecule has 3 heterocycles. The summed E-state index contributed by atoms with van der Waals surface area (Å²) < 4.78 is 4.94. The number of likely N-dealkylation sites (N-methyl/N-ethyl adjacent to an activating group) is 1. The number of aromatic nitrogens is 3. The fraction of sp³-hybridized carbons (Fsp3) is 0.391. The number of carbonyl (C=O) groups is 1. The van der Waals surface area contributed by atoms with Gasteiger partial charge in [0.2, 0.25) is 0 Å². The summed E-state index contributed by atoms with van der Waals surface area (Å²) in [6.07, 6.45) is 1.76. The maximum Gasteiger partial charge on any atom is 0.337 e. The Hall–Kier alpha value is -3.26. The van der Waals surface area contributed by atoms with Crippen molar-refractivity contribution >= 4 is 28.4 Å². The van der Waals surface area contributed by atoms with E-state index in [1.54, 1.807) is 6.20 Å². The predicted molar refractivity (Wildman–Crippen MR) is 122 cm³/mol. The highest BCUT2D eigenvalue weighted by atomic mass is 16.5. The quantitative estimate of drug-likeness (QED) is 0.583.